The fourth-order valence-corrected chi connectivity index (χ4v) is 4.18. The quantitative estimate of drug-likeness (QED) is 0.684. The number of rotatable bonds is 5. The number of hydrogen-bond donors (Lipinski definition) is 3. The Kier molecular flexibility index (Phi) is 5.90. The molecule has 2 aliphatic rings. The Labute approximate surface area is 146 Å². The molecule has 0 radical (unpaired) electrons. The monoisotopic (exact) mass is 331 g/mol. The van der Waals surface area contributed by atoms with Gasteiger partial charge in [0, 0.05) is 11.5 Å². The lowest BCUT2D eigenvalue weighted by molar-refractivity contribution is -1.02. The summed E-state index contributed by atoms with van der Waals surface area (Å²) in [4.78, 5) is 15.7. The van der Waals surface area contributed by atoms with Crippen molar-refractivity contribution in [1.82, 2.24) is 5.32 Å². The van der Waals surface area contributed by atoms with Crippen LogP contribution in [0.2, 0.25) is 0 Å². The second-order valence-electron chi connectivity index (χ2n) is 7.81. The summed E-state index contributed by atoms with van der Waals surface area (Å²) < 4.78 is 0. The van der Waals surface area contributed by atoms with Gasteiger partial charge in [-0.1, -0.05) is 42.7 Å². The first-order valence-corrected chi connectivity index (χ1v) is 9.63. The van der Waals surface area contributed by atoms with Gasteiger partial charge in [-0.2, -0.15) is 0 Å². The molecule has 1 aromatic carbocycles. The van der Waals surface area contributed by atoms with Gasteiger partial charge in [0.1, 0.15) is 32.2 Å². The summed E-state index contributed by atoms with van der Waals surface area (Å²) in [6.07, 6.45) is 4.58. The lowest BCUT2D eigenvalue weighted by atomic mass is 10.0. The highest BCUT2D eigenvalue weighted by Gasteiger charge is 2.30. The molecule has 1 amide bonds. The van der Waals surface area contributed by atoms with Gasteiger partial charge in [-0.15, -0.1) is 0 Å². The molecule has 3 N–H and O–H groups in total. The van der Waals surface area contributed by atoms with Crippen LogP contribution in [0.15, 0.2) is 24.3 Å². The lowest BCUT2D eigenvalue weighted by Crippen LogP contribution is -3.27. The van der Waals surface area contributed by atoms with Crippen LogP contribution in [0.1, 0.15) is 42.9 Å². The zero-order valence-electron chi connectivity index (χ0n) is 15.2. The van der Waals surface area contributed by atoms with Crippen LogP contribution in [-0.4, -0.2) is 45.7 Å². The van der Waals surface area contributed by atoms with Crippen molar-refractivity contribution in [1.29, 1.82) is 0 Å². The van der Waals surface area contributed by atoms with E-state index in [1.54, 1.807) is 9.80 Å². The number of likely N-dealkylation sites (N-methyl/N-ethyl adjacent to an activating group) is 1. The van der Waals surface area contributed by atoms with Crippen LogP contribution in [0, 0.1) is 12.8 Å². The van der Waals surface area contributed by atoms with Gasteiger partial charge < -0.3 is 15.1 Å². The summed E-state index contributed by atoms with van der Waals surface area (Å²) in [5.74, 6) is 0.541. The fraction of sp³-hybridized carbons (Fsp3) is 0.650. The molecule has 4 nitrogen and oxygen atoms in total. The van der Waals surface area contributed by atoms with Crippen LogP contribution in [0.4, 0.5) is 0 Å². The van der Waals surface area contributed by atoms with Gasteiger partial charge in [-0.3, -0.25) is 4.79 Å². The molecule has 1 atom stereocenters. The SMILES string of the molecule is Cc1ccc([C@H](CNC(=O)C2CCCC2)[NH+]2CC[NH+](C)CC2)cc1. The van der Waals surface area contributed by atoms with Crippen molar-refractivity contribution in [3.63, 3.8) is 0 Å². The molecule has 24 heavy (non-hydrogen) atoms. The highest BCUT2D eigenvalue weighted by Crippen LogP contribution is 2.24. The number of amides is 1. The van der Waals surface area contributed by atoms with Crippen molar-refractivity contribution in [2.24, 2.45) is 5.92 Å². The number of nitrogens with one attached hydrogen (secondary N) is 3. The molecule has 0 aromatic heterocycles. The molecule has 0 unspecified atom stereocenters. The number of piperazine rings is 1. The molecular weight excluding hydrogens is 298 g/mol. The lowest BCUT2D eigenvalue weighted by Gasteiger charge is -2.34. The van der Waals surface area contributed by atoms with E-state index in [0.717, 1.165) is 19.4 Å². The molecule has 2 fully saturated rings. The van der Waals surface area contributed by atoms with Gasteiger partial charge in [0.15, 0.2) is 0 Å². The van der Waals surface area contributed by atoms with Crippen LogP contribution in [0.3, 0.4) is 0 Å². The molecule has 1 aromatic rings. The van der Waals surface area contributed by atoms with Crippen molar-refractivity contribution in [2.45, 2.75) is 38.6 Å². The first kappa shape index (κ1) is 17.4. The van der Waals surface area contributed by atoms with Gasteiger partial charge in [0.2, 0.25) is 5.91 Å². The Balaban J connectivity index is 1.66. The van der Waals surface area contributed by atoms with E-state index in [2.05, 4.69) is 43.6 Å². The van der Waals surface area contributed by atoms with E-state index in [4.69, 9.17) is 0 Å². The smallest absolute Gasteiger partial charge is 0.223 e. The molecule has 1 heterocycles. The predicted octanol–water partition coefficient (Wildman–Crippen LogP) is -0.244. The van der Waals surface area contributed by atoms with Crippen molar-refractivity contribution in [3.8, 4) is 0 Å². The van der Waals surface area contributed by atoms with E-state index in [1.807, 2.05) is 0 Å². The molecule has 3 rings (SSSR count). The Bertz CT molecular complexity index is 528. The summed E-state index contributed by atoms with van der Waals surface area (Å²) in [6.45, 7) is 7.70. The van der Waals surface area contributed by atoms with E-state index in [9.17, 15) is 4.79 Å². The van der Waals surface area contributed by atoms with Crippen LogP contribution < -0.4 is 15.1 Å². The van der Waals surface area contributed by atoms with Gasteiger partial charge in [-0.25, -0.2) is 0 Å². The highest BCUT2D eigenvalue weighted by molar-refractivity contribution is 5.78. The normalized spacial score (nSPS) is 26.2. The Morgan fingerprint density at radius 3 is 2.38 bits per heavy atom. The maximum atomic E-state index is 12.4. The number of aryl methyl sites for hydroxylation is 1. The molecule has 1 aliphatic carbocycles. The summed E-state index contributed by atoms with van der Waals surface area (Å²) >= 11 is 0. The summed E-state index contributed by atoms with van der Waals surface area (Å²) in [7, 11) is 2.28. The third kappa shape index (κ3) is 4.37. The second kappa shape index (κ2) is 8.13. The molecule has 0 spiro atoms. The van der Waals surface area contributed by atoms with Crippen molar-refractivity contribution < 1.29 is 14.6 Å². The standard InChI is InChI=1S/C20H31N3O/c1-16-7-9-17(10-8-16)19(23-13-11-22(2)12-14-23)15-21-20(24)18-5-3-4-6-18/h7-10,18-19H,3-6,11-15H2,1-2H3,(H,21,24)/p+2/t19-/m0/s1. The van der Waals surface area contributed by atoms with Gasteiger partial charge in [0.05, 0.1) is 13.6 Å². The summed E-state index contributed by atoms with van der Waals surface area (Å²) in [5, 5.41) is 3.28. The van der Waals surface area contributed by atoms with Gasteiger partial charge >= 0.3 is 0 Å². The zero-order chi connectivity index (χ0) is 16.9. The molecule has 4 heteroatoms. The molecule has 1 saturated carbocycles. The fourth-order valence-electron chi connectivity index (χ4n) is 4.18. The van der Waals surface area contributed by atoms with Crippen molar-refractivity contribution >= 4 is 5.91 Å². The van der Waals surface area contributed by atoms with Crippen LogP contribution in [0.5, 0.6) is 0 Å². The number of hydrogen-bond acceptors (Lipinski definition) is 1. The molecule has 1 aliphatic heterocycles. The van der Waals surface area contributed by atoms with Gasteiger partial charge in [0.25, 0.3) is 0 Å². The first-order chi connectivity index (χ1) is 11.6. The van der Waals surface area contributed by atoms with E-state index in [1.165, 1.54) is 50.1 Å². The van der Waals surface area contributed by atoms with Crippen LogP contribution in [0.25, 0.3) is 0 Å². The third-order valence-corrected chi connectivity index (χ3v) is 5.92. The second-order valence-corrected chi connectivity index (χ2v) is 7.81. The molecule has 1 saturated heterocycles. The molecular formula is C20H33N3O+2. The minimum atomic E-state index is 0.260. The van der Waals surface area contributed by atoms with Crippen molar-refractivity contribution in [2.75, 3.05) is 39.8 Å². The van der Waals surface area contributed by atoms with E-state index < -0.39 is 0 Å². The number of carbonyl (C=O) groups excluding carboxylic acids is 1. The molecule has 132 valence electrons. The Morgan fingerprint density at radius 1 is 1.12 bits per heavy atom. The Morgan fingerprint density at radius 2 is 1.75 bits per heavy atom. The van der Waals surface area contributed by atoms with E-state index >= 15 is 0 Å². The summed E-state index contributed by atoms with van der Waals surface area (Å²) in [6, 6.07) is 9.27. The van der Waals surface area contributed by atoms with Crippen LogP contribution >= 0.6 is 0 Å². The average molecular weight is 332 g/mol. The topological polar surface area (TPSA) is 38.0 Å². The number of benzene rings is 1. The van der Waals surface area contributed by atoms with E-state index in [-0.39, 0.29) is 11.8 Å². The Hall–Kier alpha value is -1.39. The highest BCUT2D eigenvalue weighted by atomic mass is 16.1. The van der Waals surface area contributed by atoms with Crippen LogP contribution in [-0.2, 0) is 4.79 Å². The number of carbonyl (C=O) groups is 1. The minimum Gasteiger partial charge on any atom is -0.350 e. The predicted molar refractivity (Wildman–Crippen MR) is 96.2 cm³/mol. The zero-order valence-corrected chi connectivity index (χ0v) is 15.2. The molecule has 0 bridgehead atoms. The average Bonchev–Trinajstić information content (AvgIpc) is 3.12. The largest absolute Gasteiger partial charge is 0.350 e. The number of quaternary nitrogens is 2. The summed E-state index contributed by atoms with van der Waals surface area (Å²) in [5.41, 5.74) is 2.66. The van der Waals surface area contributed by atoms with E-state index in [0.29, 0.717) is 6.04 Å². The minimum absolute atomic E-state index is 0.260. The third-order valence-electron chi connectivity index (χ3n) is 5.92. The first-order valence-electron chi connectivity index (χ1n) is 9.63. The maximum absolute atomic E-state index is 12.4. The van der Waals surface area contributed by atoms with Gasteiger partial charge in [-0.05, 0) is 19.8 Å². The maximum Gasteiger partial charge on any atom is 0.223 e. The van der Waals surface area contributed by atoms with Crippen molar-refractivity contribution in [3.05, 3.63) is 35.4 Å².